The van der Waals surface area contributed by atoms with Crippen LogP contribution in [0.2, 0.25) is 0 Å². The van der Waals surface area contributed by atoms with Gasteiger partial charge in [0.25, 0.3) is 0 Å². The molecule has 0 heterocycles. The van der Waals surface area contributed by atoms with E-state index in [0.29, 0.717) is 0 Å². The number of rotatable bonds is 2. The van der Waals surface area contributed by atoms with Gasteiger partial charge < -0.3 is 4.89 Å². The number of hydrogen-bond acceptors (Lipinski definition) is 3. The fourth-order valence-corrected chi connectivity index (χ4v) is 1.46. The third-order valence-corrected chi connectivity index (χ3v) is 2.90. The van der Waals surface area contributed by atoms with Crippen LogP contribution >= 0.6 is 7.60 Å². The third kappa shape index (κ3) is 1.09. The highest BCUT2D eigenvalue weighted by molar-refractivity contribution is 7.53. The maximum absolute atomic E-state index is 10.6. The Labute approximate surface area is 47.1 Å². The van der Waals surface area contributed by atoms with E-state index in [4.69, 9.17) is 4.89 Å². The van der Waals surface area contributed by atoms with Crippen LogP contribution in [0.4, 0.5) is 0 Å². The Morgan fingerprint density at radius 2 is 2.25 bits per heavy atom. The van der Waals surface area contributed by atoms with E-state index in [-0.39, 0.29) is 5.66 Å². The second kappa shape index (κ2) is 1.81. The Balaban J connectivity index is 2.50. The largest absolute Gasteiger partial charge is 0.347 e. The van der Waals surface area contributed by atoms with Crippen LogP contribution in [0.15, 0.2) is 0 Å². The van der Waals surface area contributed by atoms with Gasteiger partial charge in [-0.1, -0.05) is 0 Å². The first-order chi connectivity index (χ1) is 3.67. The van der Waals surface area contributed by atoms with E-state index in [2.05, 4.69) is 10.5 Å². The molecule has 8 heavy (non-hydrogen) atoms. The Hall–Kier alpha value is 0.110. The van der Waals surface area contributed by atoms with Crippen LogP contribution in [-0.2, 0) is 9.19 Å². The summed E-state index contributed by atoms with van der Waals surface area (Å²) in [7, 11) is -3.36. The van der Waals surface area contributed by atoms with Gasteiger partial charge in [-0.15, -0.1) is 0 Å². The maximum Gasteiger partial charge on any atom is 0.347 e. The van der Waals surface area contributed by atoms with Crippen molar-refractivity contribution in [3.05, 3.63) is 0 Å². The van der Waals surface area contributed by atoms with Gasteiger partial charge in [-0.2, -0.15) is 0 Å². The van der Waals surface area contributed by atoms with Crippen molar-refractivity contribution in [2.45, 2.75) is 18.5 Å². The molecule has 0 spiro atoms. The normalized spacial score (nSPS) is 27.2. The minimum absolute atomic E-state index is 0.174. The summed E-state index contributed by atoms with van der Waals surface area (Å²) >= 11 is 0. The highest BCUT2D eigenvalue weighted by Crippen LogP contribution is 2.56. The Kier molecular flexibility index (Phi) is 1.41. The van der Waals surface area contributed by atoms with E-state index in [9.17, 15) is 4.57 Å². The molecule has 0 aromatic carbocycles. The van der Waals surface area contributed by atoms with Crippen LogP contribution in [0, 0.1) is 0 Å². The minimum Gasteiger partial charge on any atom is -0.323 e. The van der Waals surface area contributed by atoms with Crippen molar-refractivity contribution in [1.82, 2.24) is 0 Å². The zero-order valence-electron chi connectivity index (χ0n) is 4.28. The zero-order chi connectivity index (χ0) is 6.20. The fourth-order valence-electron chi connectivity index (χ4n) is 0.487. The smallest absolute Gasteiger partial charge is 0.323 e. The SMILES string of the molecule is NOP(=O)(O)C1CC1. The second-order valence-electron chi connectivity index (χ2n) is 1.90. The van der Waals surface area contributed by atoms with Crippen molar-refractivity contribution < 1.29 is 14.1 Å². The molecule has 1 aliphatic rings. The molecule has 0 aliphatic heterocycles. The molecule has 5 heteroatoms. The van der Waals surface area contributed by atoms with Gasteiger partial charge in [0.2, 0.25) is 0 Å². The molecule has 0 radical (unpaired) electrons. The molecule has 48 valence electrons. The summed E-state index contributed by atoms with van der Waals surface area (Å²) in [4.78, 5) is 8.67. The van der Waals surface area contributed by atoms with Gasteiger partial charge in [0.05, 0.1) is 5.66 Å². The molecule has 0 aromatic heterocycles. The first kappa shape index (κ1) is 6.23. The minimum atomic E-state index is -3.36. The Morgan fingerprint density at radius 1 is 1.75 bits per heavy atom. The van der Waals surface area contributed by atoms with Crippen molar-refractivity contribution >= 4 is 7.60 Å². The van der Waals surface area contributed by atoms with Crippen LogP contribution in [0.1, 0.15) is 12.8 Å². The molecule has 1 aliphatic carbocycles. The highest BCUT2D eigenvalue weighted by Gasteiger charge is 2.40. The number of hydrogen-bond donors (Lipinski definition) is 2. The fraction of sp³-hybridized carbons (Fsp3) is 1.00. The summed E-state index contributed by atoms with van der Waals surface area (Å²) in [6.07, 6.45) is 1.54. The van der Waals surface area contributed by atoms with Crippen LogP contribution in [0.5, 0.6) is 0 Å². The Morgan fingerprint density at radius 3 is 2.38 bits per heavy atom. The second-order valence-corrected chi connectivity index (χ2v) is 3.97. The van der Waals surface area contributed by atoms with Crippen LogP contribution in [0.25, 0.3) is 0 Å². The van der Waals surface area contributed by atoms with Gasteiger partial charge in [0.1, 0.15) is 0 Å². The first-order valence-electron chi connectivity index (χ1n) is 2.38. The molecule has 1 rings (SSSR count). The average Bonchev–Trinajstić information content (AvgIpc) is 2.44. The molecule has 4 nitrogen and oxygen atoms in total. The van der Waals surface area contributed by atoms with Crippen molar-refractivity contribution in [3.8, 4) is 0 Å². The van der Waals surface area contributed by atoms with Crippen LogP contribution in [-0.4, -0.2) is 10.6 Å². The van der Waals surface area contributed by atoms with Gasteiger partial charge in [0, 0.05) is 0 Å². The molecule has 0 bridgehead atoms. The molecular formula is C3H8NO3P. The quantitative estimate of drug-likeness (QED) is 0.422. The van der Waals surface area contributed by atoms with E-state index >= 15 is 0 Å². The molecule has 0 amide bonds. The standard InChI is InChI=1S/C3H8NO3P/c4-7-8(5,6)3-1-2-3/h3H,1-2,4H2,(H,5,6). The van der Waals surface area contributed by atoms with Crippen LogP contribution < -0.4 is 5.90 Å². The van der Waals surface area contributed by atoms with E-state index in [1.807, 2.05) is 0 Å². The van der Waals surface area contributed by atoms with Gasteiger partial charge in [-0.05, 0) is 12.8 Å². The summed E-state index contributed by atoms with van der Waals surface area (Å²) in [6, 6.07) is 0. The first-order valence-corrected chi connectivity index (χ1v) is 4.02. The van der Waals surface area contributed by atoms with Crippen molar-refractivity contribution in [1.29, 1.82) is 0 Å². The molecule has 0 aromatic rings. The molecule has 1 fully saturated rings. The average molecular weight is 137 g/mol. The molecule has 0 saturated heterocycles. The predicted molar refractivity (Wildman–Crippen MR) is 28.1 cm³/mol. The maximum atomic E-state index is 10.6. The third-order valence-electron chi connectivity index (χ3n) is 1.16. The van der Waals surface area contributed by atoms with E-state index in [0.717, 1.165) is 12.8 Å². The summed E-state index contributed by atoms with van der Waals surface area (Å²) in [5.74, 6) is 4.53. The summed E-state index contributed by atoms with van der Waals surface area (Å²) in [5.41, 5.74) is -0.174. The lowest BCUT2D eigenvalue weighted by atomic mass is 11.0. The van der Waals surface area contributed by atoms with E-state index in [1.165, 1.54) is 0 Å². The van der Waals surface area contributed by atoms with Crippen LogP contribution in [0.3, 0.4) is 0 Å². The molecule has 1 unspecified atom stereocenters. The Bertz CT molecular complexity index is 132. The summed E-state index contributed by atoms with van der Waals surface area (Å²) in [5, 5.41) is 0. The lowest BCUT2D eigenvalue weighted by Gasteiger charge is -2.02. The number of nitrogens with two attached hydrogens (primary N) is 1. The van der Waals surface area contributed by atoms with Crippen molar-refractivity contribution in [3.63, 3.8) is 0 Å². The molecule has 3 N–H and O–H groups in total. The predicted octanol–water partition coefficient (Wildman–Crippen LogP) is 0.225. The monoisotopic (exact) mass is 137 g/mol. The van der Waals surface area contributed by atoms with Gasteiger partial charge in [-0.3, -0.25) is 4.57 Å². The highest BCUT2D eigenvalue weighted by atomic mass is 31.2. The lowest BCUT2D eigenvalue weighted by Crippen LogP contribution is -1.99. The summed E-state index contributed by atoms with van der Waals surface area (Å²) < 4.78 is 14.4. The topological polar surface area (TPSA) is 72.5 Å². The van der Waals surface area contributed by atoms with Gasteiger partial charge in [-0.25, -0.2) is 10.5 Å². The van der Waals surface area contributed by atoms with E-state index < -0.39 is 7.60 Å². The van der Waals surface area contributed by atoms with Gasteiger partial charge in [0.15, 0.2) is 0 Å². The molecule has 1 atom stereocenters. The van der Waals surface area contributed by atoms with Gasteiger partial charge >= 0.3 is 7.60 Å². The molecule has 1 saturated carbocycles. The summed E-state index contributed by atoms with van der Waals surface area (Å²) in [6.45, 7) is 0. The lowest BCUT2D eigenvalue weighted by molar-refractivity contribution is 0.266. The van der Waals surface area contributed by atoms with Crippen molar-refractivity contribution in [2.24, 2.45) is 5.90 Å². The van der Waals surface area contributed by atoms with E-state index in [1.54, 1.807) is 0 Å². The molecular weight excluding hydrogens is 129 g/mol. The zero-order valence-corrected chi connectivity index (χ0v) is 5.17. The van der Waals surface area contributed by atoms with Crippen molar-refractivity contribution in [2.75, 3.05) is 0 Å².